The van der Waals surface area contributed by atoms with Crippen molar-refractivity contribution in [3.63, 3.8) is 0 Å². The summed E-state index contributed by atoms with van der Waals surface area (Å²) in [6, 6.07) is 8.20. The quantitative estimate of drug-likeness (QED) is 0.514. The number of rotatable bonds is 3. The molecule has 0 aliphatic carbocycles. The number of nitriles is 1. The van der Waals surface area contributed by atoms with Gasteiger partial charge in [-0.2, -0.15) is 5.26 Å². The smallest absolute Gasteiger partial charge is 0.316 e. The average Bonchev–Trinajstić information content (AvgIpc) is 3.09. The normalized spacial score (nSPS) is 15.5. The Labute approximate surface area is 180 Å². The van der Waals surface area contributed by atoms with E-state index in [1.807, 2.05) is 0 Å². The zero-order valence-corrected chi connectivity index (χ0v) is 17.7. The summed E-state index contributed by atoms with van der Waals surface area (Å²) in [5.74, 6) is 5.74. The highest BCUT2D eigenvalue weighted by Gasteiger charge is 2.21. The molecule has 3 amide bonds. The molecule has 1 aromatic heterocycles. The highest BCUT2D eigenvalue weighted by molar-refractivity contribution is 9.10. The summed E-state index contributed by atoms with van der Waals surface area (Å²) in [5, 5.41) is 17.7. The van der Waals surface area contributed by atoms with E-state index in [9.17, 15) is 9.59 Å². The average molecular weight is 472 g/mol. The summed E-state index contributed by atoms with van der Waals surface area (Å²) in [5.41, 5.74) is 6.82. The molecule has 7 nitrogen and oxygen atoms in total. The molecule has 1 aliphatic rings. The Kier molecular flexibility index (Phi) is 6.89. The summed E-state index contributed by atoms with van der Waals surface area (Å²) >= 11 is 4.52. The zero-order valence-electron chi connectivity index (χ0n) is 15.3. The Morgan fingerprint density at radius 3 is 2.79 bits per heavy atom. The van der Waals surface area contributed by atoms with Crippen LogP contribution in [0.2, 0.25) is 0 Å². The van der Waals surface area contributed by atoms with Gasteiger partial charge in [0, 0.05) is 22.6 Å². The van der Waals surface area contributed by atoms with E-state index in [0.717, 1.165) is 25.9 Å². The number of hydrogen-bond acceptors (Lipinski definition) is 5. The van der Waals surface area contributed by atoms with Crippen LogP contribution in [0, 0.1) is 23.2 Å². The third kappa shape index (κ3) is 5.58. The van der Waals surface area contributed by atoms with Gasteiger partial charge in [-0.3, -0.25) is 4.79 Å². The Hall–Kier alpha value is -2.85. The van der Waals surface area contributed by atoms with Crippen molar-refractivity contribution < 1.29 is 9.59 Å². The summed E-state index contributed by atoms with van der Waals surface area (Å²) in [7, 11) is 0. The highest BCUT2D eigenvalue weighted by Crippen LogP contribution is 2.27. The van der Waals surface area contributed by atoms with Crippen molar-refractivity contribution in [2.75, 3.05) is 18.4 Å². The fourth-order valence-corrected chi connectivity index (χ4v) is 4.23. The van der Waals surface area contributed by atoms with E-state index in [1.54, 1.807) is 24.3 Å². The second kappa shape index (κ2) is 9.57. The maximum atomic E-state index is 12.7. The number of urea groups is 1. The summed E-state index contributed by atoms with van der Waals surface area (Å²) in [6.07, 6.45) is 1.90. The molecule has 1 fully saturated rings. The molecule has 0 radical (unpaired) electrons. The number of benzene rings is 1. The molecular formula is C20H18BrN5O2S. The van der Waals surface area contributed by atoms with E-state index in [-0.39, 0.29) is 11.9 Å². The van der Waals surface area contributed by atoms with Gasteiger partial charge in [0.2, 0.25) is 0 Å². The standard InChI is InChI=1S/C20H18BrN5O2S/c21-16-8-12(3-5-13(16)10-22)4-6-15-9-17(26-20(23)28)18(29-15)19(27)25-14-2-1-7-24-11-14/h3,5,8-9,14,24H,1-2,7,11H2,(H,25,27)(H3,23,26,28)/t14-/m0/s1. The number of nitrogens with zero attached hydrogens (tertiary/aromatic N) is 1. The molecule has 1 aliphatic heterocycles. The fourth-order valence-electron chi connectivity index (χ4n) is 2.89. The van der Waals surface area contributed by atoms with Crippen molar-refractivity contribution in [3.8, 4) is 17.9 Å². The first kappa shape index (κ1) is 20.9. The molecule has 0 spiro atoms. The molecule has 0 unspecified atom stereocenters. The van der Waals surface area contributed by atoms with Crippen LogP contribution in [-0.4, -0.2) is 31.1 Å². The molecule has 0 bridgehead atoms. The largest absolute Gasteiger partial charge is 0.351 e. The topological polar surface area (TPSA) is 120 Å². The number of carbonyl (C=O) groups is 2. The van der Waals surface area contributed by atoms with Crippen molar-refractivity contribution in [3.05, 3.63) is 49.6 Å². The lowest BCUT2D eigenvalue weighted by atomic mass is 10.1. The number of thiophene rings is 1. The maximum absolute atomic E-state index is 12.7. The number of nitrogens with one attached hydrogen (secondary N) is 3. The van der Waals surface area contributed by atoms with Gasteiger partial charge >= 0.3 is 6.03 Å². The fraction of sp³-hybridized carbons (Fsp3) is 0.250. The van der Waals surface area contributed by atoms with Crippen LogP contribution in [0.5, 0.6) is 0 Å². The number of nitrogens with two attached hydrogens (primary N) is 1. The molecule has 2 aromatic rings. The lowest BCUT2D eigenvalue weighted by Gasteiger charge is -2.23. The first-order valence-corrected chi connectivity index (χ1v) is 10.5. The van der Waals surface area contributed by atoms with Crippen molar-refractivity contribution >= 4 is 44.9 Å². The SMILES string of the molecule is N#Cc1ccc(C#Cc2cc(NC(N)=O)c(C(=O)N[C@H]3CCCNC3)s2)cc1Br. The van der Waals surface area contributed by atoms with Crippen LogP contribution >= 0.6 is 27.3 Å². The first-order valence-electron chi connectivity index (χ1n) is 8.90. The van der Waals surface area contributed by atoms with Crippen LogP contribution in [0.1, 0.15) is 38.5 Å². The van der Waals surface area contributed by atoms with Gasteiger partial charge in [-0.05, 0) is 59.6 Å². The van der Waals surface area contributed by atoms with Gasteiger partial charge in [0.15, 0.2) is 0 Å². The van der Waals surface area contributed by atoms with Crippen molar-refractivity contribution in [2.45, 2.75) is 18.9 Å². The van der Waals surface area contributed by atoms with Crippen LogP contribution in [0.4, 0.5) is 10.5 Å². The molecule has 29 heavy (non-hydrogen) atoms. The van der Waals surface area contributed by atoms with Gasteiger partial charge in [0.1, 0.15) is 10.9 Å². The molecule has 2 heterocycles. The van der Waals surface area contributed by atoms with E-state index in [2.05, 4.69) is 49.8 Å². The molecule has 3 rings (SSSR count). The van der Waals surface area contributed by atoms with E-state index in [0.29, 0.717) is 31.0 Å². The Morgan fingerprint density at radius 2 is 2.14 bits per heavy atom. The number of amides is 3. The molecule has 0 saturated carbocycles. The number of primary amides is 1. The lowest BCUT2D eigenvalue weighted by molar-refractivity contribution is 0.0935. The zero-order chi connectivity index (χ0) is 20.8. The molecule has 1 saturated heterocycles. The second-order valence-corrected chi connectivity index (χ2v) is 8.32. The van der Waals surface area contributed by atoms with Crippen molar-refractivity contribution in [1.82, 2.24) is 10.6 Å². The molecule has 148 valence electrons. The van der Waals surface area contributed by atoms with Gasteiger partial charge < -0.3 is 21.7 Å². The van der Waals surface area contributed by atoms with E-state index in [4.69, 9.17) is 11.0 Å². The van der Waals surface area contributed by atoms with Gasteiger partial charge in [-0.15, -0.1) is 11.3 Å². The van der Waals surface area contributed by atoms with Crippen LogP contribution in [0.25, 0.3) is 0 Å². The van der Waals surface area contributed by atoms with E-state index >= 15 is 0 Å². The van der Waals surface area contributed by atoms with Crippen LogP contribution in [-0.2, 0) is 0 Å². The van der Waals surface area contributed by atoms with Crippen LogP contribution in [0.3, 0.4) is 0 Å². The summed E-state index contributed by atoms with van der Waals surface area (Å²) < 4.78 is 0.662. The monoisotopic (exact) mass is 471 g/mol. The van der Waals surface area contributed by atoms with Gasteiger partial charge in [-0.25, -0.2) is 4.79 Å². The summed E-state index contributed by atoms with van der Waals surface area (Å²) in [6.45, 7) is 1.67. The van der Waals surface area contributed by atoms with Crippen LogP contribution < -0.4 is 21.7 Å². The van der Waals surface area contributed by atoms with Gasteiger partial charge in [0.25, 0.3) is 5.91 Å². The molecular weight excluding hydrogens is 454 g/mol. The molecule has 9 heteroatoms. The third-order valence-corrected chi connectivity index (χ3v) is 5.95. The minimum absolute atomic E-state index is 0.0466. The number of piperidine rings is 1. The number of anilines is 1. The Morgan fingerprint density at radius 1 is 1.31 bits per heavy atom. The molecule has 5 N–H and O–H groups in total. The second-order valence-electron chi connectivity index (χ2n) is 6.42. The maximum Gasteiger partial charge on any atom is 0.316 e. The third-order valence-electron chi connectivity index (χ3n) is 4.25. The highest BCUT2D eigenvalue weighted by atomic mass is 79.9. The van der Waals surface area contributed by atoms with Crippen molar-refractivity contribution in [2.24, 2.45) is 5.73 Å². The molecule has 1 atom stereocenters. The predicted molar refractivity (Wildman–Crippen MR) is 116 cm³/mol. The van der Waals surface area contributed by atoms with Crippen LogP contribution in [0.15, 0.2) is 28.7 Å². The van der Waals surface area contributed by atoms with Gasteiger partial charge in [-0.1, -0.05) is 11.8 Å². The summed E-state index contributed by atoms with van der Waals surface area (Å²) in [4.78, 5) is 25.0. The van der Waals surface area contributed by atoms with E-state index < -0.39 is 6.03 Å². The van der Waals surface area contributed by atoms with Crippen molar-refractivity contribution in [1.29, 1.82) is 5.26 Å². The number of carbonyl (C=O) groups excluding carboxylic acids is 2. The van der Waals surface area contributed by atoms with Gasteiger partial charge in [0.05, 0.1) is 16.1 Å². The lowest BCUT2D eigenvalue weighted by Crippen LogP contribution is -2.45. The Balaban J connectivity index is 1.83. The van der Waals surface area contributed by atoms with E-state index in [1.165, 1.54) is 11.3 Å². The minimum Gasteiger partial charge on any atom is -0.351 e. The predicted octanol–water partition coefficient (Wildman–Crippen LogP) is 2.75. The number of hydrogen-bond donors (Lipinski definition) is 4. The minimum atomic E-state index is -0.744. The number of halogens is 1. The molecule has 1 aromatic carbocycles. The Bertz CT molecular complexity index is 1040. The first-order chi connectivity index (χ1) is 14.0.